The minimum atomic E-state index is -1.09. The summed E-state index contributed by atoms with van der Waals surface area (Å²) in [4.78, 5) is 10.7. The highest BCUT2D eigenvalue weighted by Gasteiger charge is 2.17. The third-order valence-electron chi connectivity index (χ3n) is 2.70. The maximum Gasteiger partial charge on any atom is 0.358 e. The maximum absolute atomic E-state index is 10.7. The summed E-state index contributed by atoms with van der Waals surface area (Å²) in [6, 6.07) is 0. The number of aryl methyl sites for hydroxylation is 1. The molecule has 0 amide bonds. The lowest BCUT2D eigenvalue weighted by molar-refractivity contribution is 0.0690. The first-order valence-electron chi connectivity index (χ1n) is 5.34. The van der Waals surface area contributed by atoms with Gasteiger partial charge in [-0.2, -0.15) is 5.10 Å². The topological polar surface area (TPSA) is 90.4 Å². The Labute approximate surface area is 93.0 Å². The summed E-state index contributed by atoms with van der Waals surface area (Å²) in [5.74, 6) is -1.09. The van der Waals surface area contributed by atoms with E-state index >= 15 is 0 Å². The summed E-state index contributed by atoms with van der Waals surface area (Å²) < 4.78 is 7.04. The lowest BCUT2D eigenvalue weighted by atomic mass is 10.2. The molecule has 0 spiro atoms. The fourth-order valence-corrected chi connectivity index (χ4v) is 1.87. The van der Waals surface area contributed by atoms with Crippen LogP contribution >= 0.6 is 0 Å². The van der Waals surface area contributed by atoms with E-state index in [0.29, 0.717) is 6.54 Å². The number of anilines is 1. The van der Waals surface area contributed by atoms with Crippen molar-refractivity contribution in [2.75, 3.05) is 12.3 Å². The van der Waals surface area contributed by atoms with Gasteiger partial charge in [-0.3, -0.25) is 4.68 Å². The number of carboxylic acids is 1. The Bertz CT molecular complexity index is 383. The van der Waals surface area contributed by atoms with Crippen LogP contribution in [0.15, 0.2) is 6.20 Å². The number of nitrogens with zero attached hydrogens (tertiary/aromatic N) is 2. The van der Waals surface area contributed by atoms with Gasteiger partial charge in [0.15, 0.2) is 5.69 Å². The zero-order valence-corrected chi connectivity index (χ0v) is 8.93. The molecule has 0 aliphatic carbocycles. The van der Waals surface area contributed by atoms with Gasteiger partial charge in [0.05, 0.1) is 11.8 Å². The highest BCUT2D eigenvalue weighted by molar-refractivity contribution is 5.91. The van der Waals surface area contributed by atoms with E-state index in [2.05, 4.69) is 5.10 Å². The number of aromatic carboxylic acids is 1. The highest BCUT2D eigenvalue weighted by Crippen LogP contribution is 2.16. The van der Waals surface area contributed by atoms with Gasteiger partial charge in [0.2, 0.25) is 0 Å². The predicted octanol–water partition coefficient (Wildman–Crippen LogP) is 0.733. The van der Waals surface area contributed by atoms with Crippen LogP contribution in [0.1, 0.15) is 29.8 Å². The van der Waals surface area contributed by atoms with Crippen molar-refractivity contribution in [1.29, 1.82) is 0 Å². The first-order valence-corrected chi connectivity index (χ1v) is 5.34. The molecular formula is C10H15N3O3. The zero-order valence-electron chi connectivity index (χ0n) is 8.93. The van der Waals surface area contributed by atoms with E-state index in [1.54, 1.807) is 10.9 Å². The Kier molecular flexibility index (Phi) is 3.09. The quantitative estimate of drug-likeness (QED) is 0.788. The summed E-state index contributed by atoms with van der Waals surface area (Å²) in [6.45, 7) is 1.47. The van der Waals surface area contributed by atoms with E-state index < -0.39 is 5.97 Å². The number of rotatable bonds is 4. The van der Waals surface area contributed by atoms with Gasteiger partial charge >= 0.3 is 5.97 Å². The van der Waals surface area contributed by atoms with Crippen molar-refractivity contribution in [2.24, 2.45) is 0 Å². The summed E-state index contributed by atoms with van der Waals surface area (Å²) in [7, 11) is 0. The number of carbonyl (C=O) groups is 1. The first-order chi connectivity index (χ1) is 7.66. The van der Waals surface area contributed by atoms with E-state index in [9.17, 15) is 4.79 Å². The molecule has 1 fully saturated rings. The average Bonchev–Trinajstić information content (AvgIpc) is 2.83. The molecule has 0 radical (unpaired) electrons. The third kappa shape index (κ3) is 2.33. The molecule has 88 valence electrons. The van der Waals surface area contributed by atoms with Gasteiger partial charge in [-0.05, 0) is 19.3 Å². The molecule has 0 saturated carbocycles. The van der Waals surface area contributed by atoms with Crippen molar-refractivity contribution in [1.82, 2.24) is 9.78 Å². The summed E-state index contributed by atoms with van der Waals surface area (Å²) in [5, 5.41) is 12.7. The summed E-state index contributed by atoms with van der Waals surface area (Å²) in [6.07, 6.45) is 4.85. The maximum atomic E-state index is 10.7. The first kappa shape index (κ1) is 10.9. The van der Waals surface area contributed by atoms with Crippen LogP contribution < -0.4 is 5.73 Å². The van der Waals surface area contributed by atoms with Gasteiger partial charge in [0.25, 0.3) is 0 Å². The molecule has 1 saturated heterocycles. The van der Waals surface area contributed by atoms with Crippen LogP contribution in [0.3, 0.4) is 0 Å². The van der Waals surface area contributed by atoms with Crippen molar-refractivity contribution in [3.63, 3.8) is 0 Å². The second-order valence-electron chi connectivity index (χ2n) is 3.92. The SMILES string of the molecule is Nc1cn(CCC2CCCO2)nc1C(=O)O. The molecule has 1 aliphatic heterocycles. The van der Waals surface area contributed by atoms with E-state index in [4.69, 9.17) is 15.6 Å². The van der Waals surface area contributed by atoms with Crippen LogP contribution in [0.2, 0.25) is 0 Å². The molecule has 2 heterocycles. The fraction of sp³-hybridized carbons (Fsp3) is 0.600. The van der Waals surface area contributed by atoms with Crippen molar-refractivity contribution in [2.45, 2.75) is 31.9 Å². The second-order valence-corrected chi connectivity index (χ2v) is 3.92. The average molecular weight is 225 g/mol. The van der Waals surface area contributed by atoms with Crippen molar-refractivity contribution in [3.05, 3.63) is 11.9 Å². The molecule has 1 aromatic heterocycles. The molecule has 2 rings (SSSR count). The smallest absolute Gasteiger partial charge is 0.358 e. The Balaban J connectivity index is 1.94. The van der Waals surface area contributed by atoms with Crippen LogP contribution in [0, 0.1) is 0 Å². The summed E-state index contributed by atoms with van der Waals surface area (Å²) in [5.41, 5.74) is 5.66. The Morgan fingerprint density at radius 1 is 1.75 bits per heavy atom. The molecular weight excluding hydrogens is 210 g/mol. The molecule has 0 aromatic carbocycles. The summed E-state index contributed by atoms with van der Waals surface area (Å²) >= 11 is 0. The van der Waals surface area contributed by atoms with Gasteiger partial charge in [-0.15, -0.1) is 0 Å². The number of nitrogens with two attached hydrogens (primary N) is 1. The van der Waals surface area contributed by atoms with E-state index in [1.807, 2.05) is 0 Å². The minimum absolute atomic E-state index is 0.0765. The number of carboxylic acid groups (broad SMARTS) is 1. The zero-order chi connectivity index (χ0) is 11.5. The Morgan fingerprint density at radius 3 is 3.12 bits per heavy atom. The Hall–Kier alpha value is -1.56. The van der Waals surface area contributed by atoms with Crippen molar-refractivity contribution >= 4 is 11.7 Å². The largest absolute Gasteiger partial charge is 0.476 e. The molecule has 6 heteroatoms. The molecule has 1 atom stereocenters. The normalized spacial score (nSPS) is 20.1. The van der Waals surface area contributed by atoms with E-state index in [0.717, 1.165) is 25.9 Å². The molecule has 1 aliphatic rings. The van der Waals surface area contributed by atoms with Crippen LogP contribution in [0.5, 0.6) is 0 Å². The van der Waals surface area contributed by atoms with E-state index in [1.165, 1.54) is 0 Å². The Morgan fingerprint density at radius 2 is 2.56 bits per heavy atom. The number of ether oxygens (including phenoxy) is 1. The standard InChI is InChI=1S/C10H15N3O3/c11-8-6-13(12-9(8)10(14)15)4-3-7-2-1-5-16-7/h6-7H,1-5,11H2,(H,14,15). The van der Waals surface area contributed by atoms with Crippen LogP contribution in [-0.2, 0) is 11.3 Å². The molecule has 16 heavy (non-hydrogen) atoms. The highest BCUT2D eigenvalue weighted by atomic mass is 16.5. The number of hydrogen-bond donors (Lipinski definition) is 2. The van der Waals surface area contributed by atoms with Gasteiger partial charge in [0, 0.05) is 19.3 Å². The van der Waals surface area contributed by atoms with Gasteiger partial charge in [-0.1, -0.05) is 0 Å². The van der Waals surface area contributed by atoms with Crippen LogP contribution in [0.25, 0.3) is 0 Å². The molecule has 6 nitrogen and oxygen atoms in total. The van der Waals surface area contributed by atoms with Crippen molar-refractivity contribution < 1.29 is 14.6 Å². The number of nitrogen functional groups attached to an aromatic ring is 1. The molecule has 1 aromatic rings. The lowest BCUT2D eigenvalue weighted by Gasteiger charge is -2.08. The van der Waals surface area contributed by atoms with Gasteiger partial charge < -0.3 is 15.6 Å². The predicted molar refractivity (Wildman–Crippen MR) is 57.2 cm³/mol. The lowest BCUT2D eigenvalue weighted by Crippen LogP contribution is -2.11. The monoisotopic (exact) mass is 225 g/mol. The fourth-order valence-electron chi connectivity index (χ4n) is 1.87. The van der Waals surface area contributed by atoms with Crippen molar-refractivity contribution in [3.8, 4) is 0 Å². The van der Waals surface area contributed by atoms with Crippen LogP contribution in [-0.4, -0.2) is 33.6 Å². The van der Waals surface area contributed by atoms with Crippen LogP contribution in [0.4, 0.5) is 5.69 Å². The number of aromatic nitrogens is 2. The third-order valence-corrected chi connectivity index (χ3v) is 2.70. The van der Waals surface area contributed by atoms with E-state index in [-0.39, 0.29) is 17.5 Å². The molecule has 0 bridgehead atoms. The van der Waals surface area contributed by atoms with Gasteiger partial charge in [-0.25, -0.2) is 4.79 Å². The molecule has 1 unspecified atom stereocenters. The minimum Gasteiger partial charge on any atom is -0.476 e. The number of hydrogen-bond acceptors (Lipinski definition) is 4. The second kappa shape index (κ2) is 4.52. The molecule has 3 N–H and O–H groups in total. The van der Waals surface area contributed by atoms with Gasteiger partial charge in [0.1, 0.15) is 0 Å².